The Kier molecular flexibility index (Phi) is 4.50. The molecule has 0 bridgehead atoms. The third-order valence-corrected chi connectivity index (χ3v) is 2.87. The third kappa shape index (κ3) is 3.78. The summed E-state index contributed by atoms with van der Waals surface area (Å²) in [7, 11) is 1.75. The average Bonchev–Trinajstić information content (AvgIpc) is 2.88. The molecule has 2 aromatic rings. The van der Waals surface area contributed by atoms with E-state index in [4.69, 9.17) is 0 Å². The zero-order valence-corrected chi connectivity index (χ0v) is 11.4. The van der Waals surface area contributed by atoms with Crippen LogP contribution in [0.3, 0.4) is 0 Å². The van der Waals surface area contributed by atoms with Gasteiger partial charge in [-0.1, -0.05) is 30.3 Å². The van der Waals surface area contributed by atoms with Crippen LogP contribution in [0.5, 0.6) is 0 Å². The van der Waals surface area contributed by atoms with Crippen LogP contribution in [0.25, 0.3) is 0 Å². The van der Waals surface area contributed by atoms with Crippen molar-refractivity contribution in [1.29, 1.82) is 0 Å². The fourth-order valence-corrected chi connectivity index (χ4v) is 1.74. The highest BCUT2D eigenvalue weighted by Gasteiger charge is 2.21. The van der Waals surface area contributed by atoms with E-state index >= 15 is 0 Å². The Labute approximate surface area is 120 Å². The largest absolute Gasteiger partial charge is 0.479 e. The fraction of sp³-hybridized carbons (Fsp3) is 0.231. The maximum Gasteiger partial charge on any atom is 0.330 e. The Morgan fingerprint density at radius 1 is 1.33 bits per heavy atom. The molecule has 0 saturated carbocycles. The van der Waals surface area contributed by atoms with Gasteiger partial charge in [0.2, 0.25) is 0 Å². The van der Waals surface area contributed by atoms with Crippen LogP contribution in [0.1, 0.15) is 17.4 Å². The van der Waals surface area contributed by atoms with Crippen molar-refractivity contribution >= 4 is 12.0 Å². The molecule has 2 amide bonds. The number of benzene rings is 1. The van der Waals surface area contributed by atoms with Gasteiger partial charge in [-0.3, -0.25) is 0 Å². The zero-order valence-electron chi connectivity index (χ0n) is 11.4. The van der Waals surface area contributed by atoms with Crippen LogP contribution >= 0.6 is 0 Å². The maximum atomic E-state index is 11.8. The van der Waals surface area contributed by atoms with E-state index in [2.05, 4.69) is 20.8 Å². The van der Waals surface area contributed by atoms with Crippen LogP contribution in [-0.4, -0.2) is 31.9 Å². The van der Waals surface area contributed by atoms with Crippen molar-refractivity contribution in [2.24, 2.45) is 7.05 Å². The zero-order chi connectivity index (χ0) is 15.2. The molecule has 0 aliphatic carbocycles. The topological polar surface area (TPSA) is 109 Å². The van der Waals surface area contributed by atoms with Gasteiger partial charge in [-0.05, 0) is 5.56 Å². The molecule has 110 valence electrons. The van der Waals surface area contributed by atoms with E-state index in [0.717, 1.165) is 0 Å². The van der Waals surface area contributed by atoms with Crippen molar-refractivity contribution in [1.82, 2.24) is 25.4 Å². The smallest absolute Gasteiger partial charge is 0.330 e. The summed E-state index contributed by atoms with van der Waals surface area (Å²) in [4.78, 5) is 23.0. The fourth-order valence-electron chi connectivity index (χ4n) is 1.74. The second kappa shape index (κ2) is 6.51. The number of aliphatic carboxylic acids is 1. The van der Waals surface area contributed by atoms with Gasteiger partial charge in [-0.2, -0.15) is 0 Å². The minimum absolute atomic E-state index is 0.156. The second-order valence-electron chi connectivity index (χ2n) is 4.37. The lowest BCUT2D eigenvalue weighted by atomic mass is 10.1. The van der Waals surface area contributed by atoms with E-state index in [1.165, 1.54) is 6.33 Å². The molecule has 0 fully saturated rings. The number of carbonyl (C=O) groups is 2. The summed E-state index contributed by atoms with van der Waals surface area (Å²) in [6, 6.07) is 6.79. The SMILES string of the molecule is Cn1cnnc1CNC(=O)N[C@H](C(=O)O)c1ccccc1. The van der Waals surface area contributed by atoms with Crippen molar-refractivity contribution < 1.29 is 14.7 Å². The summed E-state index contributed by atoms with van der Waals surface area (Å²) in [5, 5.41) is 21.7. The van der Waals surface area contributed by atoms with E-state index in [1.807, 2.05) is 0 Å². The molecule has 2 rings (SSSR count). The molecule has 1 heterocycles. The van der Waals surface area contributed by atoms with Crippen LogP contribution in [-0.2, 0) is 18.4 Å². The monoisotopic (exact) mass is 289 g/mol. The van der Waals surface area contributed by atoms with Gasteiger partial charge in [0.25, 0.3) is 0 Å². The van der Waals surface area contributed by atoms with Crippen LogP contribution in [0, 0.1) is 0 Å². The van der Waals surface area contributed by atoms with Gasteiger partial charge in [-0.15, -0.1) is 10.2 Å². The number of nitrogens with zero attached hydrogens (tertiary/aromatic N) is 3. The molecular formula is C13H15N5O3. The Morgan fingerprint density at radius 2 is 2.05 bits per heavy atom. The van der Waals surface area contributed by atoms with Gasteiger partial charge in [0, 0.05) is 7.05 Å². The van der Waals surface area contributed by atoms with E-state index in [-0.39, 0.29) is 6.54 Å². The summed E-state index contributed by atoms with van der Waals surface area (Å²) < 4.78 is 1.66. The molecule has 1 atom stereocenters. The number of rotatable bonds is 5. The molecule has 8 nitrogen and oxygen atoms in total. The Balaban J connectivity index is 1.96. The number of carboxylic acids is 1. The number of amides is 2. The molecule has 0 unspecified atom stereocenters. The Hall–Kier alpha value is -2.90. The number of aryl methyl sites for hydroxylation is 1. The first-order valence-electron chi connectivity index (χ1n) is 6.23. The van der Waals surface area contributed by atoms with Gasteiger partial charge in [0.1, 0.15) is 6.33 Å². The highest BCUT2D eigenvalue weighted by Crippen LogP contribution is 2.12. The average molecular weight is 289 g/mol. The van der Waals surface area contributed by atoms with Gasteiger partial charge in [0.05, 0.1) is 6.54 Å². The number of nitrogens with one attached hydrogen (secondary N) is 2. The van der Waals surface area contributed by atoms with Crippen molar-refractivity contribution in [3.05, 3.63) is 48.0 Å². The first kappa shape index (κ1) is 14.5. The van der Waals surface area contributed by atoms with Gasteiger partial charge >= 0.3 is 12.0 Å². The molecule has 0 spiro atoms. The van der Waals surface area contributed by atoms with Crippen molar-refractivity contribution in [3.8, 4) is 0 Å². The van der Waals surface area contributed by atoms with Gasteiger partial charge in [0.15, 0.2) is 11.9 Å². The van der Waals surface area contributed by atoms with Crippen LogP contribution in [0.2, 0.25) is 0 Å². The molecule has 0 aliphatic heterocycles. The first-order valence-corrected chi connectivity index (χ1v) is 6.23. The number of hydrogen-bond acceptors (Lipinski definition) is 4. The van der Waals surface area contributed by atoms with E-state index in [0.29, 0.717) is 11.4 Å². The van der Waals surface area contributed by atoms with Crippen LogP contribution < -0.4 is 10.6 Å². The van der Waals surface area contributed by atoms with Crippen molar-refractivity contribution in [2.45, 2.75) is 12.6 Å². The number of aromatic nitrogens is 3. The normalized spacial score (nSPS) is 11.7. The Bertz CT molecular complexity index is 626. The lowest BCUT2D eigenvalue weighted by Crippen LogP contribution is -2.40. The number of carboxylic acid groups (broad SMARTS) is 1. The third-order valence-electron chi connectivity index (χ3n) is 2.87. The predicted molar refractivity (Wildman–Crippen MR) is 73.2 cm³/mol. The predicted octanol–water partition coefficient (Wildman–Crippen LogP) is 0.440. The summed E-state index contributed by atoms with van der Waals surface area (Å²) in [5.41, 5.74) is 0.499. The number of carbonyl (C=O) groups excluding carboxylic acids is 1. The van der Waals surface area contributed by atoms with Crippen molar-refractivity contribution in [3.63, 3.8) is 0 Å². The minimum atomic E-state index is -1.13. The highest BCUT2D eigenvalue weighted by molar-refractivity contribution is 5.83. The quantitative estimate of drug-likeness (QED) is 0.740. The first-order chi connectivity index (χ1) is 10.1. The molecule has 0 saturated heterocycles. The van der Waals surface area contributed by atoms with E-state index in [9.17, 15) is 14.7 Å². The van der Waals surface area contributed by atoms with E-state index in [1.54, 1.807) is 41.9 Å². The number of urea groups is 1. The summed E-state index contributed by atoms with van der Waals surface area (Å²) in [6.45, 7) is 0.156. The minimum Gasteiger partial charge on any atom is -0.479 e. The van der Waals surface area contributed by atoms with E-state index < -0.39 is 18.0 Å². The lowest BCUT2D eigenvalue weighted by molar-refractivity contribution is -0.139. The second-order valence-corrected chi connectivity index (χ2v) is 4.37. The molecule has 0 radical (unpaired) electrons. The molecule has 3 N–H and O–H groups in total. The molecular weight excluding hydrogens is 274 g/mol. The summed E-state index contributed by atoms with van der Waals surface area (Å²) >= 11 is 0. The lowest BCUT2D eigenvalue weighted by Gasteiger charge is -2.15. The van der Waals surface area contributed by atoms with Crippen LogP contribution in [0.15, 0.2) is 36.7 Å². The molecule has 21 heavy (non-hydrogen) atoms. The summed E-state index contributed by atoms with van der Waals surface area (Å²) in [6.07, 6.45) is 1.51. The molecule has 1 aromatic carbocycles. The van der Waals surface area contributed by atoms with Crippen LogP contribution in [0.4, 0.5) is 4.79 Å². The van der Waals surface area contributed by atoms with Crippen molar-refractivity contribution in [2.75, 3.05) is 0 Å². The summed E-state index contributed by atoms with van der Waals surface area (Å²) in [5.74, 6) is -0.563. The maximum absolute atomic E-state index is 11.8. The standard InChI is InChI=1S/C13H15N5O3/c1-18-8-15-17-10(18)7-14-13(21)16-11(12(19)20)9-5-3-2-4-6-9/h2-6,8,11H,7H2,1H3,(H,19,20)(H2,14,16,21)/t11-/m0/s1. The number of hydrogen-bond donors (Lipinski definition) is 3. The molecule has 0 aliphatic rings. The highest BCUT2D eigenvalue weighted by atomic mass is 16.4. The molecule has 8 heteroatoms. The Morgan fingerprint density at radius 3 is 2.62 bits per heavy atom. The van der Waals surface area contributed by atoms with Gasteiger partial charge in [-0.25, -0.2) is 9.59 Å². The molecule has 1 aromatic heterocycles. The van der Waals surface area contributed by atoms with Gasteiger partial charge < -0.3 is 20.3 Å².